The van der Waals surface area contributed by atoms with Crippen molar-refractivity contribution < 1.29 is 14.4 Å². The number of hydrogen-bond donors (Lipinski definition) is 2. The topological polar surface area (TPSA) is 78.5 Å². The Morgan fingerprint density at radius 1 is 0.879 bits per heavy atom. The summed E-state index contributed by atoms with van der Waals surface area (Å²) in [5, 5.41) is 6.04. The SMILES string of the molecule is CC(C)C(C)NC(=O)C(NC(=O)c1ccccc1)C1CCN(C(=O)Cc2ccccc2)CC1. The number of benzene rings is 2. The third-order valence-corrected chi connectivity index (χ3v) is 6.54. The van der Waals surface area contributed by atoms with Crippen LogP contribution in [0.5, 0.6) is 0 Å². The minimum atomic E-state index is -0.634. The van der Waals surface area contributed by atoms with Crippen molar-refractivity contribution >= 4 is 17.7 Å². The molecule has 6 nitrogen and oxygen atoms in total. The van der Waals surface area contributed by atoms with Gasteiger partial charge in [-0.3, -0.25) is 14.4 Å². The summed E-state index contributed by atoms with van der Waals surface area (Å²) in [4.78, 5) is 40.6. The van der Waals surface area contributed by atoms with Gasteiger partial charge in [-0.2, -0.15) is 0 Å². The monoisotopic (exact) mass is 449 g/mol. The first-order chi connectivity index (χ1) is 15.8. The van der Waals surface area contributed by atoms with E-state index in [0.717, 1.165) is 5.56 Å². The van der Waals surface area contributed by atoms with Crippen LogP contribution in [0.4, 0.5) is 0 Å². The molecule has 0 spiro atoms. The molecule has 2 aromatic carbocycles. The molecule has 2 unspecified atom stereocenters. The van der Waals surface area contributed by atoms with Gasteiger partial charge in [-0.15, -0.1) is 0 Å². The maximum absolute atomic E-state index is 13.2. The Labute approximate surface area is 196 Å². The average Bonchev–Trinajstić information content (AvgIpc) is 2.83. The van der Waals surface area contributed by atoms with E-state index in [0.29, 0.717) is 37.9 Å². The fraction of sp³-hybridized carbons (Fsp3) is 0.444. The highest BCUT2D eigenvalue weighted by Crippen LogP contribution is 2.23. The van der Waals surface area contributed by atoms with Crippen molar-refractivity contribution in [2.75, 3.05) is 13.1 Å². The zero-order valence-corrected chi connectivity index (χ0v) is 19.8. The predicted molar refractivity (Wildman–Crippen MR) is 130 cm³/mol. The molecule has 1 heterocycles. The Balaban J connectivity index is 1.65. The number of carbonyl (C=O) groups excluding carboxylic acids is 3. The first-order valence-corrected chi connectivity index (χ1v) is 11.8. The third kappa shape index (κ3) is 6.91. The summed E-state index contributed by atoms with van der Waals surface area (Å²) in [6, 6.07) is 18.0. The van der Waals surface area contributed by atoms with E-state index >= 15 is 0 Å². The van der Waals surface area contributed by atoms with Crippen LogP contribution in [-0.2, 0) is 16.0 Å². The summed E-state index contributed by atoms with van der Waals surface area (Å²) >= 11 is 0. The lowest BCUT2D eigenvalue weighted by molar-refractivity contribution is -0.132. The van der Waals surface area contributed by atoms with Crippen LogP contribution in [0.3, 0.4) is 0 Å². The number of nitrogens with one attached hydrogen (secondary N) is 2. The van der Waals surface area contributed by atoms with Crippen molar-refractivity contribution in [1.29, 1.82) is 0 Å². The van der Waals surface area contributed by atoms with Gasteiger partial charge in [0.15, 0.2) is 0 Å². The summed E-state index contributed by atoms with van der Waals surface area (Å²) in [7, 11) is 0. The summed E-state index contributed by atoms with van der Waals surface area (Å²) in [6.45, 7) is 7.25. The molecule has 33 heavy (non-hydrogen) atoms. The first kappa shape index (κ1) is 24.5. The smallest absolute Gasteiger partial charge is 0.251 e. The van der Waals surface area contributed by atoms with Crippen LogP contribution < -0.4 is 10.6 Å². The van der Waals surface area contributed by atoms with Gasteiger partial charge >= 0.3 is 0 Å². The zero-order valence-electron chi connectivity index (χ0n) is 19.8. The maximum atomic E-state index is 13.2. The Morgan fingerprint density at radius 2 is 1.45 bits per heavy atom. The molecular weight excluding hydrogens is 414 g/mol. The molecule has 176 valence electrons. The highest BCUT2D eigenvalue weighted by molar-refractivity contribution is 5.97. The fourth-order valence-corrected chi connectivity index (χ4v) is 4.06. The quantitative estimate of drug-likeness (QED) is 0.648. The highest BCUT2D eigenvalue weighted by atomic mass is 16.2. The molecule has 0 radical (unpaired) electrons. The molecule has 6 heteroatoms. The van der Waals surface area contributed by atoms with Crippen LogP contribution in [0.25, 0.3) is 0 Å². The Hall–Kier alpha value is -3.15. The Morgan fingerprint density at radius 3 is 2.03 bits per heavy atom. The summed E-state index contributed by atoms with van der Waals surface area (Å²) in [6.07, 6.45) is 1.72. The highest BCUT2D eigenvalue weighted by Gasteiger charge is 2.34. The van der Waals surface area contributed by atoms with Gasteiger partial charge in [-0.25, -0.2) is 0 Å². The van der Waals surface area contributed by atoms with Gasteiger partial charge in [0, 0.05) is 24.7 Å². The lowest BCUT2D eigenvalue weighted by atomic mass is 9.88. The van der Waals surface area contributed by atoms with Gasteiger partial charge in [-0.05, 0) is 49.3 Å². The van der Waals surface area contributed by atoms with Gasteiger partial charge < -0.3 is 15.5 Å². The lowest BCUT2D eigenvalue weighted by Gasteiger charge is -2.36. The second-order valence-electron chi connectivity index (χ2n) is 9.24. The second-order valence-corrected chi connectivity index (χ2v) is 9.24. The van der Waals surface area contributed by atoms with E-state index in [-0.39, 0.29) is 35.6 Å². The molecule has 3 amide bonds. The van der Waals surface area contributed by atoms with Crippen molar-refractivity contribution in [3.63, 3.8) is 0 Å². The van der Waals surface area contributed by atoms with E-state index in [1.54, 1.807) is 12.1 Å². The van der Waals surface area contributed by atoms with Crippen LogP contribution in [-0.4, -0.2) is 47.8 Å². The van der Waals surface area contributed by atoms with Gasteiger partial charge in [0.05, 0.1) is 6.42 Å². The lowest BCUT2D eigenvalue weighted by Crippen LogP contribution is -2.55. The molecular formula is C27H35N3O3. The molecule has 1 saturated heterocycles. The van der Waals surface area contributed by atoms with Crippen molar-refractivity contribution in [3.05, 3.63) is 71.8 Å². The number of hydrogen-bond acceptors (Lipinski definition) is 3. The standard InChI is InChI=1S/C27H35N3O3/c1-19(2)20(3)28-27(33)25(29-26(32)23-12-8-5-9-13-23)22-14-16-30(17-15-22)24(31)18-21-10-6-4-7-11-21/h4-13,19-20,22,25H,14-18H2,1-3H3,(H,28,33)(H,29,32). The van der Waals surface area contributed by atoms with E-state index in [9.17, 15) is 14.4 Å². The molecule has 1 aliphatic heterocycles. The molecule has 2 aromatic rings. The van der Waals surface area contributed by atoms with E-state index in [1.807, 2.05) is 60.4 Å². The first-order valence-electron chi connectivity index (χ1n) is 11.8. The number of rotatable bonds is 8. The fourth-order valence-electron chi connectivity index (χ4n) is 4.06. The molecule has 1 fully saturated rings. The normalized spacial score (nSPS) is 16.2. The van der Waals surface area contributed by atoms with Crippen LogP contribution in [0, 0.1) is 11.8 Å². The minimum absolute atomic E-state index is 0.00108. The minimum Gasteiger partial charge on any atom is -0.352 e. The number of likely N-dealkylation sites (tertiary alicyclic amines) is 1. The average molecular weight is 450 g/mol. The molecule has 0 aliphatic carbocycles. The molecule has 1 aliphatic rings. The van der Waals surface area contributed by atoms with Gasteiger partial charge in [0.25, 0.3) is 5.91 Å². The van der Waals surface area contributed by atoms with Crippen LogP contribution in [0.15, 0.2) is 60.7 Å². The molecule has 3 rings (SSSR count). The number of carbonyl (C=O) groups is 3. The van der Waals surface area contributed by atoms with Gasteiger partial charge in [-0.1, -0.05) is 62.4 Å². The second kappa shape index (κ2) is 11.6. The van der Waals surface area contributed by atoms with Gasteiger partial charge in [0.2, 0.25) is 11.8 Å². The maximum Gasteiger partial charge on any atom is 0.251 e. The van der Waals surface area contributed by atoms with E-state index in [1.165, 1.54) is 0 Å². The van der Waals surface area contributed by atoms with Gasteiger partial charge in [0.1, 0.15) is 6.04 Å². The Kier molecular flexibility index (Phi) is 8.64. The van der Waals surface area contributed by atoms with Crippen molar-refractivity contribution in [3.8, 4) is 0 Å². The zero-order chi connectivity index (χ0) is 23.8. The number of nitrogens with zero attached hydrogens (tertiary/aromatic N) is 1. The van der Waals surface area contributed by atoms with E-state index in [2.05, 4.69) is 24.5 Å². The Bertz CT molecular complexity index is 922. The van der Waals surface area contributed by atoms with E-state index in [4.69, 9.17) is 0 Å². The number of amides is 3. The largest absolute Gasteiger partial charge is 0.352 e. The van der Waals surface area contributed by atoms with Crippen LogP contribution >= 0.6 is 0 Å². The third-order valence-electron chi connectivity index (χ3n) is 6.54. The predicted octanol–water partition coefficient (Wildman–Crippen LogP) is 3.43. The number of piperidine rings is 1. The summed E-state index contributed by atoms with van der Waals surface area (Å²) in [5.41, 5.74) is 1.53. The molecule has 2 N–H and O–H groups in total. The van der Waals surface area contributed by atoms with E-state index < -0.39 is 6.04 Å². The van der Waals surface area contributed by atoms with Crippen molar-refractivity contribution in [2.24, 2.45) is 11.8 Å². The molecule has 0 aromatic heterocycles. The van der Waals surface area contributed by atoms with Crippen LogP contribution in [0.1, 0.15) is 49.5 Å². The molecule has 0 saturated carbocycles. The van der Waals surface area contributed by atoms with Crippen LogP contribution in [0.2, 0.25) is 0 Å². The van der Waals surface area contributed by atoms with Crippen molar-refractivity contribution in [2.45, 2.75) is 52.1 Å². The van der Waals surface area contributed by atoms with Crippen molar-refractivity contribution in [1.82, 2.24) is 15.5 Å². The summed E-state index contributed by atoms with van der Waals surface area (Å²) in [5.74, 6) is -0.0536. The molecule has 2 atom stereocenters. The summed E-state index contributed by atoms with van der Waals surface area (Å²) < 4.78 is 0. The molecule has 0 bridgehead atoms.